The van der Waals surface area contributed by atoms with E-state index in [9.17, 15) is 8.42 Å². The third-order valence-electron chi connectivity index (χ3n) is 1.54. The Morgan fingerprint density at radius 3 is 2.80 bits per heavy atom. The molecule has 0 amide bonds. The van der Waals surface area contributed by atoms with Gasteiger partial charge in [0.2, 0.25) is 5.89 Å². The zero-order chi connectivity index (χ0) is 11.5. The highest BCUT2D eigenvalue weighted by Crippen LogP contribution is 2.08. The minimum atomic E-state index is -3.16. The van der Waals surface area contributed by atoms with Crippen LogP contribution >= 0.6 is 0 Å². The molecule has 0 bridgehead atoms. The van der Waals surface area contributed by atoms with Gasteiger partial charge in [-0.05, 0) is 0 Å². The maximum atomic E-state index is 10.9. The van der Waals surface area contributed by atoms with Crippen LogP contribution in [0, 0.1) is 0 Å². The van der Waals surface area contributed by atoms with E-state index in [0.29, 0.717) is 0 Å². The lowest BCUT2D eigenvalue weighted by Gasteiger charge is -2.02. The minimum absolute atomic E-state index is 0.110. The van der Waals surface area contributed by atoms with Crippen LogP contribution in [0.4, 0.5) is 0 Å². The van der Waals surface area contributed by atoms with E-state index in [1.807, 2.05) is 0 Å². The Morgan fingerprint density at radius 1 is 1.60 bits per heavy atom. The fourth-order valence-corrected chi connectivity index (χ4v) is 1.55. The van der Waals surface area contributed by atoms with Crippen LogP contribution in [0.2, 0.25) is 0 Å². The van der Waals surface area contributed by atoms with E-state index in [1.165, 1.54) is 7.11 Å². The second-order valence-electron chi connectivity index (χ2n) is 3.18. The quantitative estimate of drug-likeness (QED) is 0.715. The second kappa shape index (κ2) is 4.69. The zero-order valence-electron chi connectivity index (χ0n) is 8.50. The van der Waals surface area contributed by atoms with Gasteiger partial charge in [-0.15, -0.1) is 0 Å². The molecule has 0 fully saturated rings. The normalized spacial score (nSPS) is 14.1. The van der Waals surface area contributed by atoms with Crippen LogP contribution in [0.3, 0.4) is 0 Å². The first kappa shape index (κ1) is 12.1. The third kappa shape index (κ3) is 3.94. The molecule has 0 radical (unpaired) electrons. The Labute approximate surface area is 87.5 Å². The summed E-state index contributed by atoms with van der Waals surface area (Å²) in [6.45, 7) is 0.237. The molecule has 15 heavy (non-hydrogen) atoms. The number of hydrogen-bond acceptors (Lipinski definition) is 7. The van der Waals surface area contributed by atoms with Gasteiger partial charge in [-0.3, -0.25) is 0 Å². The number of methoxy groups -OCH3 is 1. The molecule has 1 unspecified atom stereocenters. The highest BCUT2D eigenvalue weighted by molar-refractivity contribution is 7.89. The lowest BCUT2D eigenvalue weighted by molar-refractivity contribution is 0.166. The molecule has 8 heteroatoms. The number of nitrogens with two attached hydrogens (primary N) is 1. The van der Waals surface area contributed by atoms with Gasteiger partial charge in [0, 0.05) is 13.4 Å². The van der Waals surface area contributed by atoms with Crippen LogP contribution in [0.5, 0.6) is 0 Å². The number of sulfone groups is 1. The molecular formula is C7H13N3O4S. The molecule has 86 valence electrons. The van der Waals surface area contributed by atoms with Gasteiger partial charge in [-0.25, -0.2) is 8.42 Å². The first-order valence-electron chi connectivity index (χ1n) is 4.17. The van der Waals surface area contributed by atoms with Gasteiger partial charge in [0.05, 0.1) is 6.61 Å². The second-order valence-corrected chi connectivity index (χ2v) is 5.32. The van der Waals surface area contributed by atoms with Gasteiger partial charge in [-0.2, -0.15) is 4.98 Å². The zero-order valence-corrected chi connectivity index (χ0v) is 9.32. The van der Waals surface area contributed by atoms with Gasteiger partial charge in [0.15, 0.2) is 15.7 Å². The lowest BCUT2D eigenvalue weighted by Crippen LogP contribution is -2.16. The third-order valence-corrected chi connectivity index (χ3v) is 2.32. The van der Waals surface area contributed by atoms with Crippen molar-refractivity contribution in [1.82, 2.24) is 10.1 Å². The molecule has 0 spiro atoms. The fourth-order valence-electron chi connectivity index (χ4n) is 0.962. The molecule has 0 aliphatic heterocycles. The molecule has 0 saturated carbocycles. The number of hydrogen-bond donors (Lipinski definition) is 1. The molecule has 7 nitrogen and oxygen atoms in total. The lowest BCUT2D eigenvalue weighted by atomic mass is 10.3. The Kier molecular flexibility index (Phi) is 3.77. The molecule has 1 aromatic heterocycles. The molecule has 0 aromatic carbocycles. The van der Waals surface area contributed by atoms with Crippen LogP contribution in [0.25, 0.3) is 0 Å². The van der Waals surface area contributed by atoms with Gasteiger partial charge < -0.3 is 15.0 Å². The first-order valence-corrected chi connectivity index (χ1v) is 6.23. The maximum Gasteiger partial charge on any atom is 0.245 e. The summed E-state index contributed by atoms with van der Waals surface area (Å²) in [5.41, 5.74) is 5.61. The van der Waals surface area contributed by atoms with Crippen molar-refractivity contribution >= 4 is 9.84 Å². The maximum absolute atomic E-state index is 10.9. The monoisotopic (exact) mass is 235 g/mol. The summed E-state index contributed by atoms with van der Waals surface area (Å²) in [6.07, 6.45) is 1.10. The molecular weight excluding hydrogens is 222 g/mol. The first-order chi connectivity index (χ1) is 6.92. The molecule has 1 atom stereocenters. The molecule has 1 rings (SSSR count). The average Bonchev–Trinajstić information content (AvgIpc) is 2.50. The average molecular weight is 235 g/mol. The predicted octanol–water partition coefficient (Wildman–Crippen LogP) is -0.740. The SMILES string of the molecule is COCC(N)c1nc(CS(C)(=O)=O)no1. The summed E-state index contributed by atoms with van der Waals surface area (Å²) in [5, 5.41) is 3.50. The molecule has 0 saturated heterocycles. The Hall–Kier alpha value is -0.990. The van der Waals surface area contributed by atoms with E-state index in [1.54, 1.807) is 0 Å². The van der Waals surface area contributed by atoms with Crippen LogP contribution in [-0.2, 0) is 20.3 Å². The summed E-state index contributed by atoms with van der Waals surface area (Å²) >= 11 is 0. The Morgan fingerprint density at radius 2 is 2.27 bits per heavy atom. The number of rotatable bonds is 5. The molecule has 2 N–H and O–H groups in total. The summed E-state index contributed by atoms with van der Waals surface area (Å²) in [5.74, 6) is 0.0329. The molecule has 0 aliphatic carbocycles. The Balaban J connectivity index is 2.72. The molecule has 1 aromatic rings. The van der Waals surface area contributed by atoms with E-state index in [-0.39, 0.29) is 24.1 Å². The summed E-state index contributed by atoms with van der Waals surface area (Å²) in [7, 11) is -1.67. The molecule has 1 heterocycles. The van der Waals surface area contributed by atoms with Crippen molar-refractivity contribution in [3.05, 3.63) is 11.7 Å². The fraction of sp³-hybridized carbons (Fsp3) is 0.714. The smallest absolute Gasteiger partial charge is 0.245 e. The van der Waals surface area contributed by atoms with Crippen molar-refractivity contribution in [2.75, 3.05) is 20.0 Å². The van der Waals surface area contributed by atoms with Crippen molar-refractivity contribution in [1.29, 1.82) is 0 Å². The van der Waals surface area contributed by atoms with E-state index in [4.69, 9.17) is 15.0 Å². The van der Waals surface area contributed by atoms with Crippen LogP contribution in [-0.4, -0.2) is 38.5 Å². The van der Waals surface area contributed by atoms with Crippen molar-refractivity contribution in [2.24, 2.45) is 5.73 Å². The van der Waals surface area contributed by atoms with Gasteiger partial charge in [0.1, 0.15) is 11.8 Å². The minimum Gasteiger partial charge on any atom is -0.383 e. The van der Waals surface area contributed by atoms with Crippen LogP contribution in [0.1, 0.15) is 17.8 Å². The van der Waals surface area contributed by atoms with E-state index in [0.717, 1.165) is 6.26 Å². The predicted molar refractivity (Wildman–Crippen MR) is 51.7 cm³/mol. The Bertz CT molecular complexity index is 414. The standard InChI is InChI=1S/C7H13N3O4S/c1-13-3-5(8)7-9-6(10-14-7)4-15(2,11)12/h5H,3-4,8H2,1-2H3. The van der Waals surface area contributed by atoms with Gasteiger partial charge >= 0.3 is 0 Å². The van der Waals surface area contributed by atoms with Gasteiger partial charge in [0.25, 0.3) is 0 Å². The number of nitrogens with zero attached hydrogens (tertiary/aromatic N) is 2. The summed E-state index contributed by atoms with van der Waals surface area (Å²) < 4.78 is 31.4. The van der Waals surface area contributed by atoms with Crippen LogP contribution < -0.4 is 5.73 Å². The van der Waals surface area contributed by atoms with Crippen molar-refractivity contribution in [3.8, 4) is 0 Å². The summed E-state index contributed by atoms with van der Waals surface area (Å²) in [4.78, 5) is 3.85. The van der Waals surface area contributed by atoms with Crippen molar-refractivity contribution in [2.45, 2.75) is 11.8 Å². The molecule has 0 aliphatic rings. The topological polar surface area (TPSA) is 108 Å². The van der Waals surface area contributed by atoms with E-state index < -0.39 is 15.9 Å². The van der Waals surface area contributed by atoms with E-state index >= 15 is 0 Å². The highest BCUT2D eigenvalue weighted by Gasteiger charge is 2.16. The van der Waals surface area contributed by atoms with Gasteiger partial charge in [-0.1, -0.05) is 5.16 Å². The van der Waals surface area contributed by atoms with Crippen molar-refractivity contribution in [3.63, 3.8) is 0 Å². The summed E-state index contributed by atoms with van der Waals surface area (Å²) in [6, 6.07) is -0.532. The highest BCUT2D eigenvalue weighted by atomic mass is 32.2. The van der Waals surface area contributed by atoms with Crippen LogP contribution in [0.15, 0.2) is 4.52 Å². The van der Waals surface area contributed by atoms with Crippen molar-refractivity contribution < 1.29 is 17.7 Å². The van der Waals surface area contributed by atoms with E-state index in [2.05, 4.69) is 10.1 Å². The number of ether oxygens (including phenoxy) is 1. The largest absolute Gasteiger partial charge is 0.383 e. The number of aromatic nitrogens is 2.